The lowest BCUT2D eigenvalue weighted by molar-refractivity contribution is -0.116. The van der Waals surface area contributed by atoms with Crippen molar-refractivity contribution < 1.29 is 4.79 Å². The SMILES string of the molecule is CC(C)(C)c1ccc(Cn2nccc2NC(=O)CCn2cnc3ccccc32)cc1. The van der Waals surface area contributed by atoms with E-state index in [1.165, 1.54) is 5.56 Å². The summed E-state index contributed by atoms with van der Waals surface area (Å²) in [6.07, 6.45) is 3.86. The maximum atomic E-state index is 12.5. The molecule has 6 nitrogen and oxygen atoms in total. The van der Waals surface area contributed by atoms with Gasteiger partial charge in [0.25, 0.3) is 0 Å². The van der Waals surface area contributed by atoms with Gasteiger partial charge in [-0.15, -0.1) is 0 Å². The third-order valence-corrected chi connectivity index (χ3v) is 5.24. The first kappa shape index (κ1) is 19.9. The van der Waals surface area contributed by atoms with Crippen LogP contribution in [0.2, 0.25) is 0 Å². The Morgan fingerprint density at radius 3 is 2.57 bits per heavy atom. The van der Waals surface area contributed by atoms with Gasteiger partial charge in [0, 0.05) is 19.0 Å². The maximum absolute atomic E-state index is 12.5. The van der Waals surface area contributed by atoms with E-state index in [0.717, 1.165) is 16.6 Å². The van der Waals surface area contributed by atoms with Crippen LogP contribution in [0.25, 0.3) is 11.0 Å². The molecular weight excluding hydrogens is 374 g/mol. The molecule has 0 bridgehead atoms. The zero-order chi connectivity index (χ0) is 21.1. The van der Waals surface area contributed by atoms with Crippen molar-refractivity contribution in [3.63, 3.8) is 0 Å². The minimum Gasteiger partial charge on any atom is -0.330 e. The van der Waals surface area contributed by atoms with Gasteiger partial charge in [-0.3, -0.25) is 4.79 Å². The number of nitrogens with zero attached hydrogens (tertiary/aromatic N) is 4. The molecule has 0 aliphatic rings. The molecule has 30 heavy (non-hydrogen) atoms. The van der Waals surface area contributed by atoms with Gasteiger partial charge < -0.3 is 9.88 Å². The molecule has 0 saturated heterocycles. The molecular formula is C24H27N5O. The van der Waals surface area contributed by atoms with Crippen LogP contribution < -0.4 is 5.32 Å². The zero-order valence-electron chi connectivity index (χ0n) is 17.7. The molecule has 4 rings (SSSR count). The Labute approximate surface area is 176 Å². The van der Waals surface area contributed by atoms with Gasteiger partial charge in [-0.2, -0.15) is 5.10 Å². The number of nitrogens with one attached hydrogen (secondary N) is 1. The Balaban J connectivity index is 1.38. The van der Waals surface area contributed by atoms with E-state index in [1.54, 1.807) is 12.5 Å². The summed E-state index contributed by atoms with van der Waals surface area (Å²) in [6, 6.07) is 18.3. The molecule has 2 aromatic heterocycles. The topological polar surface area (TPSA) is 64.7 Å². The van der Waals surface area contributed by atoms with Gasteiger partial charge in [-0.25, -0.2) is 9.67 Å². The molecule has 0 aliphatic carbocycles. The number of para-hydroxylation sites is 2. The summed E-state index contributed by atoms with van der Waals surface area (Å²) in [6.45, 7) is 7.80. The Morgan fingerprint density at radius 1 is 1.03 bits per heavy atom. The van der Waals surface area contributed by atoms with Crippen molar-refractivity contribution in [2.75, 3.05) is 5.32 Å². The molecule has 0 unspecified atom stereocenters. The lowest BCUT2D eigenvalue weighted by atomic mass is 9.87. The van der Waals surface area contributed by atoms with E-state index in [4.69, 9.17) is 0 Å². The van der Waals surface area contributed by atoms with Gasteiger partial charge in [-0.05, 0) is 28.7 Å². The molecule has 0 atom stereocenters. The number of carbonyl (C=O) groups is 1. The van der Waals surface area contributed by atoms with Crippen molar-refractivity contribution in [1.29, 1.82) is 0 Å². The van der Waals surface area contributed by atoms with Crippen molar-refractivity contribution in [2.24, 2.45) is 0 Å². The second-order valence-electron chi connectivity index (χ2n) is 8.55. The molecule has 4 aromatic rings. The van der Waals surface area contributed by atoms with Crippen LogP contribution in [0.5, 0.6) is 0 Å². The van der Waals surface area contributed by atoms with Crippen LogP contribution in [-0.4, -0.2) is 25.2 Å². The minimum absolute atomic E-state index is 0.0439. The maximum Gasteiger partial charge on any atom is 0.227 e. The predicted octanol–water partition coefficient (Wildman–Crippen LogP) is 4.61. The van der Waals surface area contributed by atoms with E-state index >= 15 is 0 Å². The normalized spacial score (nSPS) is 11.7. The van der Waals surface area contributed by atoms with Gasteiger partial charge in [0.05, 0.1) is 30.1 Å². The molecule has 6 heteroatoms. The van der Waals surface area contributed by atoms with E-state index < -0.39 is 0 Å². The second kappa shape index (κ2) is 8.14. The Morgan fingerprint density at radius 2 is 1.80 bits per heavy atom. The number of imidazole rings is 1. The van der Waals surface area contributed by atoms with Crippen molar-refractivity contribution in [2.45, 2.75) is 45.7 Å². The average Bonchev–Trinajstić information content (AvgIpc) is 3.33. The first-order valence-electron chi connectivity index (χ1n) is 10.2. The van der Waals surface area contributed by atoms with E-state index in [0.29, 0.717) is 25.3 Å². The molecule has 0 fully saturated rings. The van der Waals surface area contributed by atoms with Gasteiger partial charge in [0.1, 0.15) is 5.82 Å². The largest absolute Gasteiger partial charge is 0.330 e. The summed E-state index contributed by atoms with van der Waals surface area (Å²) in [5, 5.41) is 7.36. The van der Waals surface area contributed by atoms with Gasteiger partial charge in [0.2, 0.25) is 5.91 Å². The molecule has 0 saturated carbocycles. The summed E-state index contributed by atoms with van der Waals surface area (Å²) in [5.74, 6) is 0.660. The van der Waals surface area contributed by atoms with Gasteiger partial charge in [0.15, 0.2) is 0 Å². The number of hydrogen-bond donors (Lipinski definition) is 1. The highest BCUT2D eigenvalue weighted by Gasteiger charge is 2.13. The number of amides is 1. The molecule has 0 radical (unpaired) electrons. The van der Waals surface area contributed by atoms with Crippen LogP contribution >= 0.6 is 0 Å². The molecule has 2 heterocycles. The van der Waals surface area contributed by atoms with Crippen LogP contribution in [0.15, 0.2) is 67.1 Å². The molecule has 1 N–H and O–H groups in total. The van der Waals surface area contributed by atoms with Crippen molar-refractivity contribution in [3.8, 4) is 0 Å². The predicted molar refractivity (Wildman–Crippen MR) is 119 cm³/mol. The number of carbonyl (C=O) groups excluding carboxylic acids is 1. The zero-order valence-corrected chi connectivity index (χ0v) is 17.7. The summed E-state index contributed by atoms with van der Waals surface area (Å²) < 4.78 is 3.82. The summed E-state index contributed by atoms with van der Waals surface area (Å²) in [5.41, 5.74) is 4.55. The van der Waals surface area contributed by atoms with E-state index in [-0.39, 0.29) is 11.3 Å². The fourth-order valence-electron chi connectivity index (χ4n) is 3.46. The lowest BCUT2D eigenvalue weighted by Gasteiger charge is -2.19. The lowest BCUT2D eigenvalue weighted by Crippen LogP contribution is -2.17. The molecule has 154 valence electrons. The number of aromatic nitrogens is 4. The number of fused-ring (bicyclic) bond motifs is 1. The van der Waals surface area contributed by atoms with E-state index in [9.17, 15) is 4.79 Å². The van der Waals surface area contributed by atoms with E-state index in [1.807, 2.05) is 39.6 Å². The minimum atomic E-state index is -0.0439. The first-order chi connectivity index (χ1) is 14.4. The third-order valence-electron chi connectivity index (χ3n) is 5.24. The van der Waals surface area contributed by atoms with Crippen molar-refractivity contribution >= 4 is 22.8 Å². The molecule has 2 aromatic carbocycles. The van der Waals surface area contributed by atoms with Crippen LogP contribution in [0.3, 0.4) is 0 Å². The smallest absolute Gasteiger partial charge is 0.227 e. The van der Waals surface area contributed by atoms with Crippen LogP contribution in [0.4, 0.5) is 5.82 Å². The highest BCUT2D eigenvalue weighted by atomic mass is 16.1. The van der Waals surface area contributed by atoms with Crippen LogP contribution in [0.1, 0.15) is 38.3 Å². The monoisotopic (exact) mass is 401 g/mol. The third kappa shape index (κ3) is 4.43. The van der Waals surface area contributed by atoms with Crippen molar-refractivity contribution in [3.05, 3.63) is 78.2 Å². The standard InChI is InChI=1S/C24H27N5O/c1-24(2,3)19-10-8-18(9-11-19)16-29-22(12-14-26-29)27-23(30)13-15-28-17-25-20-6-4-5-7-21(20)28/h4-12,14,17H,13,15-16H2,1-3H3,(H,27,30). The first-order valence-corrected chi connectivity index (χ1v) is 10.2. The molecule has 0 spiro atoms. The molecule has 0 aliphatic heterocycles. The number of anilines is 1. The number of rotatable bonds is 6. The summed E-state index contributed by atoms with van der Waals surface area (Å²) in [7, 11) is 0. The summed E-state index contributed by atoms with van der Waals surface area (Å²) >= 11 is 0. The van der Waals surface area contributed by atoms with Crippen LogP contribution in [0, 0.1) is 0 Å². The average molecular weight is 402 g/mol. The number of hydrogen-bond acceptors (Lipinski definition) is 3. The van der Waals surface area contributed by atoms with Crippen molar-refractivity contribution in [1.82, 2.24) is 19.3 Å². The quantitative estimate of drug-likeness (QED) is 0.513. The van der Waals surface area contributed by atoms with Crippen LogP contribution in [-0.2, 0) is 23.3 Å². The Bertz CT molecular complexity index is 1150. The summed E-state index contributed by atoms with van der Waals surface area (Å²) in [4.78, 5) is 16.9. The molecule has 1 amide bonds. The highest BCUT2D eigenvalue weighted by Crippen LogP contribution is 2.22. The Hall–Kier alpha value is -3.41. The van der Waals surface area contributed by atoms with Gasteiger partial charge >= 0.3 is 0 Å². The van der Waals surface area contributed by atoms with E-state index in [2.05, 4.69) is 60.4 Å². The fourth-order valence-corrected chi connectivity index (χ4v) is 3.46. The Kier molecular flexibility index (Phi) is 5.40. The number of aryl methyl sites for hydroxylation is 1. The highest BCUT2D eigenvalue weighted by molar-refractivity contribution is 5.89. The fraction of sp³-hybridized carbons (Fsp3) is 0.292. The van der Waals surface area contributed by atoms with Gasteiger partial charge in [-0.1, -0.05) is 57.2 Å². The second-order valence-corrected chi connectivity index (χ2v) is 8.55. The number of benzene rings is 2.